The molecule has 0 saturated heterocycles. The van der Waals surface area contributed by atoms with Gasteiger partial charge in [0, 0.05) is 11.4 Å². The van der Waals surface area contributed by atoms with Crippen molar-refractivity contribution < 1.29 is 4.74 Å². The Kier molecular flexibility index (Phi) is 3.19. The summed E-state index contributed by atoms with van der Waals surface area (Å²) in [5, 5.41) is 4.39. The third kappa shape index (κ3) is 2.48. The van der Waals surface area contributed by atoms with E-state index >= 15 is 0 Å². The minimum absolute atomic E-state index is 0.558. The summed E-state index contributed by atoms with van der Waals surface area (Å²) >= 11 is 1.76. The van der Waals surface area contributed by atoms with Crippen LogP contribution in [0.2, 0.25) is 0 Å². The average molecular weight is 260 g/mol. The number of thiazole rings is 1. The van der Waals surface area contributed by atoms with Crippen LogP contribution in [0, 0.1) is 6.92 Å². The van der Waals surface area contributed by atoms with Gasteiger partial charge in [0.15, 0.2) is 0 Å². The summed E-state index contributed by atoms with van der Waals surface area (Å²) in [7, 11) is 0. The number of hydrogen-bond acceptors (Lipinski definition) is 4. The lowest BCUT2D eigenvalue weighted by molar-refractivity contribution is 0.305. The molecule has 2 heterocycles. The molecule has 1 aliphatic heterocycles. The largest absolute Gasteiger partial charge is 0.486 e. The van der Waals surface area contributed by atoms with Crippen molar-refractivity contribution in [2.45, 2.75) is 26.4 Å². The molecular weight excluding hydrogens is 244 g/mol. The second kappa shape index (κ2) is 4.98. The Morgan fingerprint density at radius 3 is 3.22 bits per heavy atom. The fraction of sp³-hybridized carbons (Fsp3) is 0.357. The van der Waals surface area contributed by atoms with Gasteiger partial charge in [-0.3, -0.25) is 0 Å². The van der Waals surface area contributed by atoms with E-state index in [-0.39, 0.29) is 0 Å². The Labute approximate surface area is 111 Å². The van der Waals surface area contributed by atoms with Gasteiger partial charge < -0.3 is 10.1 Å². The van der Waals surface area contributed by atoms with Gasteiger partial charge in [-0.25, -0.2) is 4.98 Å². The summed E-state index contributed by atoms with van der Waals surface area (Å²) in [6.07, 6.45) is 2.35. The number of hydrogen-bond donors (Lipinski definition) is 1. The molecule has 0 saturated carbocycles. The van der Waals surface area contributed by atoms with E-state index < -0.39 is 0 Å². The van der Waals surface area contributed by atoms with Gasteiger partial charge in [-0.15, -0.1) is 11.3 Å². The summed E-state index contributed by atoms with van der Waals surface area (Å²) in [6.45, 7) is 3.66. The van der Waals surface area contributed by atoms with Crippen molar-refractivity contribution in [3.63, 3.8) is 0 Å². The van der Waals surface area contributed by atoms with Crippen molar-refractivity contribution in [3.8, 4) is 5.75 Å². The number of aryl methyl sites for hydroxylation is 2. The minimum Gasteiger partial charge on any atom is -0.486 e. The van der Waals surface area contributed by atoms with E-state index in [4.69, 9.17) is 4.74 Å². The number of nitrogens with one attached hydrogen (secondary N) is 1. The van der Waals surface area contributed by atoms with Crippen LogP contribution in [-0.4, -0.2) is 11.5 Å². The molecule has 1 N–H and O–H groups in total. The molecule has 1 aliphatic rings. The van der Waals surface area contributed by atoms with Crippen LogP contribution in [0.25, 0.3) is 0 Å². The molecule has 18 heavy (non-hydrogen) atoms. The van der Waals surface area contributed by atoms with Gasteiger partial charge in [0.1, 0.15) is 23.2 Å². The zero-order valence-corrected chi connectivity index (χ0v) is 11.2. The Morgan fingerprint density at radius 2 is 2.39 bits per heavy atom. The lowest BCUT2D eigenvalue weighted by Gasteiger charge is -2.10. The molecule has 0 fully saturated rings. The Balaban J connectivity index is 1.68. The molecular formula is C14H16N2OS. The van der Waals surface area contributed by atoms with Gasteiger partial charge in [-0.2, -0.15) is 0 Å². The molecule has 0 amide bonds. The van der Waals surface area contributed by atoms with E-state index in [1.165, 1.54) is 16.9 Å². The first kappa shape index (κ1) is 11.5. The van der Waals surface area contributed by atoms with Crippen molar-refractivity contribution in [2.75, 3.05) is 11.9 Å². The molecule has 0 spiro atoms. The maximum atomic E-state index is 5.77. The van der Waals surface area contributed by atoms with Crippen molar-refractivity contribution in [3.05, 3.63) is 39.7 Å². The third-order valence-electron chi connectivity index (χ3n) is 2.97. The van der Waals surface area contributed by atoms with Crippen LogP contribution in [0.1, 0.15) is 21.9 Å². The number of benzene rings is 1. The predicted molar refractivity (Wildman–Crippen MR) is 74.4 cm³/mol. The van der Waals surface area contributed by atoms with Crippen molar-refractivity contribution in [1.82, 2.24) is 4.98 Å². The van der Waals surface area contributed by atoms with E-state index in [0.717, 1.165) is 29.5 Å². The zero-order chi connectivity index (χ0) is 12.4. The van der Waals surface area contributed by atoms with Gasteiger partial charge in [0.2, 0.25) is 0 Å². The maximum absolute atomic E-state index is 5.77. The lowest BCUT2D eigenvalue weighted by Crippen LogP contribution is -2.09. The van der Waals surface area contributed by atoms with Crippen LogP contribution in [0.15, 0.2) is 24.3 Å². The second-order valence-electron chi connectivity index (χ2n) is 4.51. The van der Waals surface area contributed by atoms with Crippen LogP contribution in [-0.2, 0) is 13.0 Å². The Bertz CT molecular complexity index is 527. The lowest BCUT2D eigenvalue weighted by atomic mass is 10.2. The number of aromatic nitrogens is 1. The van der Waals surface area contributed by atoms with Crippen LogP contribution < -0.4 is 10.1 Å². The summed E-state index contributed by atoms with van der Waals surface area (Å²) in [4.78, 5) is 5.94. The Hall–Kier alpha value is -1.55. The molecule has 3 rings (SSSR count). The molecule has 0 aliphatic carbocycles. The Morgan fingerprint density at radius 1 is 1.44 bits per heavy atom. The van der Waals surface area contributed by atoms with Gasteiger partial charge >= 0.3 is 0 Å². The summed E-state index contributed by atoms with van der Waals surface area (Å²) in [5.74, 6) is 1.98. The number of rotatable bonds is 3. The molecule has 1 aromatic heterocycles. The van der Waals surface area contributed by atoms with Gasteiger partial charge in [0.25, 0.3) is 0 Å². The smallest absolute Gasteiger partial charge is 0.140 e. The first-order chi connectivity index (χ1) is 8.81. The van der Waals surface area contributed by atoms with Crippen LogP contribution in [0.5, 0.6) is 5.75 Å². The predicted octanol–water partition coefficient (Wildman–Crippen LogP) is 3.39. The highest BCUT2D eigenvalue weighted by atomic mass is 32.1. The van der Waals surface area contributed by atoms with Crippen LogP contribution in [0.3, 0.4) is 0 Å². The van der Waals surface area contributed by atoms with E-state index in [2.05, 4.69) is 23.3 Å². The maximum Gasteiger partial charge on any atom is 0.140 e. The van der Waals surface area contributed by atoms with Crippen LogP contribution >= 0.6 is 11.3 Å². The van der Waals surface area contributed by atoms with Gasteiger partial charge in [-0.05, 0) is 37.5 Å². The fourth-order valence-electron chi connectivity index (χ4n) is 2.08. The molecule has 94 valence electrons. The zero-order valence-electron chi connectivity index (χ0n) is 10.4. The SMILES string of the molecule is Cc1cccc(OCc2nc3c(s2)CCCN3)c1. The van der Waals surface area contributed by atoms with E-state index in [9.17, 15) is 0 Å². The summed E-state index contributed by atoms with van der Waals surface area (Å²) in [6, 6.07) is 8.11. The first-order valence-corrected chi connectivity index (χ1v) is 7.05. The minimum atomic E-state index is 0.558. The van der Waals surface area contributed by atoms with Crippen LogP contribution in [0.4, 0.5) is 5.82 Å². The van der Waals surface area contributed by atoms with E-state index in [1.807, 2.05) is 18.2 Å². The molecule has 0 atom stereocenters. The molecule has 2 aromatic rings. The quantitative estimate of drug-likeness (QED) is 0.918. The number of anilines is 1. The highest BCUT2D eigenvalue weighted by molar-refractivity contribution is 7.12. The average Bonchev–Trinajstić information content (AvgIpc) is 2.79. The summed E-state index contributed by atoms with van der Waals surface area (Å²) < 4.78 is 5.77. The van der Waals surface area contributed by atoms with Gasteiger partial charge in [0.05, 0.1) is 0 Å². The second-order valence-corrected chi connectivity index (χ2v) is 5.68. The molecule has 3 nitrogen and oxygen atoms in total. The highest BCUT2D eigenvalue weighted by Crippen LogP contribution is 2.28. The molecule has 0 unspecified atom stereocenters. The van der Waals surface area contributed by atoms with E-state index in [0.29, 0.717) is 6.61 Å². The van der Waals surface area contributed by atoms with Gasteiger partial charge in [-0.1, -0.05) is 12.1 Å². The summed E-state index contributed by atoms with van der Waals surface area (Å²) in [5.41, 5.74) is 1.22. The van der Waals surface area contributed by atoms with E-state index in [1.54, 1.807) is 11.3 Å². The molecule has 4 heteroatoms. The molecule has 0 bridgehead atoms. The normalized spacial score (nSPS) is 13.8. The number of fused-ring (bicyclic) bond motifs is 1. The monoisotopic (exact) mass is 260 g/mol. The molecule has 1 aromatic carbocycles. The van der Waals surface area contributed by atoms with Crippen molar-refractivity contribution in [2.24, 2.45) is 0 Å². The number of nitrogens with zero attached hydrogens (tertiary/aromatic N) is 1. The standard InChI is InChI=1S/C14H16N2OS/c1-10-4-2-5-11(8-10)17-9-13-16-14-12(18-13)6-3-7-15-14/h2,4-5,8,15H,3,6-7,9H2,1H3. The van der Waals surface area contributed by atoms with Crippen molar-refractivity contribution in [1.29, 1.82) is 0 Å². The number of ether oxygens (including phenoxy) is 1. The third-order valence-corrected chi connectivity index (χ3v) is 4.06. The highest BCUT2D eigenvalue weighted by Gasteiger charge is 2.14. The fourth-order valence-corrected chi connectivity index (χ4v) is 3.08. The van der Waals surface area contributed by atoms with Crippen molar-refractivity contribution >= 4 is 17.2 Å². The first-order valence-electron chi connectivity index (χ1n) is 6.23. The topological polar surface area (TPSA) is 34.1 Å². The molecule has 0 radical (unpaired) electrons.